The van der Waals surface area contributed by atoms with Crippen molar-refractivity contribution >= 4 is 5.91 Å². The molecule has 1 N–H and O–H groups in total. The summed E-state index contributed by atoms with van der Waals surface area (Å²) in [5, 5.41) is 9.28. The largest absolute Gasteiger partial charge is 0.508 e. The molecule has 0 aliphatic heterocycles. The van der Waals surface area contributed by atoms with Crippen LogP contribution in [0, 0.1) is 0 Å². The first-order chi connectivity index (χ1) is 7.06. The van der Waals surface area contributed by atoms with Crippen LogP contribution in [-0.2, 0) is 0 Å². The number of benzene rings is 1. The molecule has 0 aromatic heterocycles. The van der Waals surface area contributed by atoms with Crippen molar-refractivity contribution in [2.45, 2.75) is 26.8 Å². The number of carbonyl (C=O) groups excluding carboxylic acids is 1. The van der Waals surface area contributed by atoms with Gasteiger partial charge in [0.15, 0.2) is 0 Å². The van der Waals surface area contributed by atoms with E-state index in [1.165, 1.54) is 6.07 Å². The van der Waals surface area contributed by atoms with Gasteiger partial charge in [0.05, 0.1) is 0 Å². The van der Waals surface area contributed by atoms with Gasteiger partial charge in [0.2, 0.25) is 0 Å². The van der Waals surface area contributed by atoms with E-state index in [1.54, 1.807) is 23.1 Å². The van der Waals surface area contributed by atoms with Crippen molar-refractivity contribution in [3.8, 4) is 5.75 Å². The van der Waals surface area contributed by atoms with Crippen molar-refractivity contribution in [3.05, 3.63) is 29.8 Å². The Kier molecular flexibility index (Phi) is 3.72. The number of carbonyl (C=O) groups is 1. The molecule has 82 valence electrons. The van der Waals surface area contributed by atoms with Crippen LogP contribution >= 0.6 is 0 Å². The van der Waals surface area contributed by atoms with E-state index in [4.69, 9.17) is 0 Å². The maximum absolute atomic E-state index is 12.0. The van der Waals surface area contributed by atoms with Crippen molar-refractivity contribution < 1.29 is 9.90 Å². The van der Waals surface area contributed by atoms with Crippen LogP contribution in [0.4, 0.5) is 0 Å². The molecular formula is C12H17NO2. The van der Waals surface area contributed by atoms with Crippen molar-refractivity contribution in [1.29, 1.82) is 0 Å². The van der Waals surface area contributed by atoms with Gasteiger partial charge in [0.1, 0.15) is 5.75 Å². The van der Waals surface area contributed by atoms with E-state index in [9.17, 15) is 9.90 Å². The average molecular weight is 207 g/mol. The fourth-order valence-electron chi connectivity index (χ4n) is 1.55. The lowest BCUT2D eigenvalue weighted by Crippen LogP contribution is -2.36. The number of phenols is 1. The third-order valence-corrected chi connectivity index (χ3v) is 2.32. The molecule has 0 unspecified atom stereocenters. The number of nitrogens with zero attached hydrogens (tertiary/aromatic N) is 1. The van der Waals surface area contributed by atoms with Gasteiger partial charge in [-0.15, -0.1) is 0 Å². The Bertz CT molecular complexity index is 347. The van der Waals surface area contributed by atoms with Crippen LogP contribution in [0.2, 0.25) is 0 Å². The first-order valence-electron chi connectivity index (χ1n) is 5.16. The van der Waals surface area contributed by atoms with E-state index in [1.807, 2.05) is 20.8 Å². The molecule has 0 saturated carbocycles. The molecule has 3 heteroatoms. The van der Waals surface area contributed by atoms with Crippen LogP contribution in [0.25, 0.3) is 0 Å². The van der Waals surface area contributed by atoms with Crippen LogP contribution in [0.1, 0.15) is 31.1 Å². The molecule has 0 heterocycles. The van der Waals surface area contributed by atoms with Crippen LogP contribution in [-0.4, -0.2) is 28.5 Å². The summed E-state index contributed by atoms with van der Waals surface area (Å²) in [5.74, 6) is 0.0871. The number of phenolic OH excluding ortho intramolecular Hbond substituents is 1. The molecule has 0 atom stereocenters. The first kappa shape index (κ1) is 11.6. The van der Waals surface area contributed by atoms with Crippen LogP contribution in [0.3, 0.4) is 0 Å². The van der Waals surface area contributed by atoms with Crippen LogP contribution in [0.5, 0.6) is 5.75 Å². The molecule has 3 nitrogen and oxygen atoms in total. The summed E-state index contributed by atoms with van der Waals surface area (Å²) >= 11 is 0. The van der Waals surface area contributed by atoms with Gasteiger partial charge >= 0.3 is 0 Å². The van der Waals surface area contributed by atoms with Crippen molar-refractivity contribution in [2.75, 3.05) is 6.54 Å². The number of rotatable bonds is 3. The number of hydrogen-bond acceptors (Lipinski definition) is 2. The second kappa shape index (κ2) is 4.82. The fraction of sp³-hybridized carbons (Fsp3) is 0.417. The lowest BCUT2D eigenvalue weighted by molar-refractivity contribution is 0.0716. The van der Waals surface area contributed by atoms with Crippen molar-refractivity contribution in [2.24, 2.45) is 0 Å². The molecule has 15 heavy (non-hydrogen) atoms. The zero-order valence-corrected chi connectivity index (χ0v) is 9.40. The predicted octanol–water partition coefficient (Wildman–Crippen LogP) is 2.26. The van der Waals surface area contributed by atoms with Gasteiger partial charge in [-0.25, -0.2) is 0 Å². The van der Waals surface area contributed by atoms with E-state index < -0.39 is 0 Å². The fourth-order valence-corrected chi connectivity index (χ4v) is 1.55. The Hall–Kier alpha value is -1.51. The molecule has 0 bridgehead atoms. The summed E-state index contributed by atoms with van der Waals surface area (Å²) in [7, 11) is 0. The summed E-state index contributed by atoms with van der Waals surface area (Å²) in [6.45, 7) is 6.57. The monoisotopic (exact) mass is 207 g/mol. The summed E-state index contributed by atoms with van der Waals surface area (Å²) in [4.78, 5) is 13.7. The quantitative estimate of drug-likeness (QED) is 0.826. The normalized spacial score (nSPS) is 10.4. The van der Waals surface area contributed by atoms with E-state index >= 15 is 0 Å². The van der Waals surface area contributed by atoms with Gasteiger partial charge in [0, 0.05) is 18.2 Å². The second-order valence-corrected chi connectivity index (χ2v) is 3.74. The summed E-state index contributed by atoms with van der Waals surface area (Å²) in [6, 6.07) is 6.62. The van der Waals surface area contributed by atoms with E-state index in [0.717, 1.165) is 0 Å². The third kappa shape index (κ3) is 2.72. The lowest BCUT2D eigenvalue weighted by Gasteiger charge is -2.25. The summed E-state index contributed by atoms with van der Waals surface area (Å²) in [6.07, 6.45) is 0. The molecular weight excluding hydrogens is 190 g/mol. The smallest absolute Gasteiger partial charge is 0.254 e. The zero-order valence-electron chi connectivity index (χ0n) is 9.40. The maximum Gasteiger partial charge on any atom is 0.254 e. The maximum atomic E-state index is 12.0. The number of hydrogen-bond donors (Lipinski definition) is 1. The van der Waals surface area contributed by atoms with E-state index in [2.05, 4.69) is 0 Å². The molecule has 0 aliphatic rings. The summed E-state index contributed by atoms with van der Waals surface area (Å²) < 4.78 is 0. The minimum atomic E-state index is -0.0385. The predicted molar refractivity (Wildman–Crippen MR) is 60.0 cm³/mol. The number of aromatic hydroxyl groups is 1. The van der Waals surface area contributed by atoms with Gasteiger partial charge in [0.25, 0.3) is 5.91 Å². The molecule has 1 aromatic rings. The average Bonchev–Trinajstić information content (AvgIpc) is 2.18. The Labute approximate surface area is 90.3 Å². The number of amides is 1. The molecule has 1 aromatic carbocycles. The highest BCUT2D eigenvalue weighted by Gasteiger charge is 2.16. The van der Waals surface area contributed by atoms with Gasteiger partial charge in [-0.2, -0.15) is 0 Å². The molecule has 1 amide bonds. The Morgan fingerprint density at radius 2 is 2.13 bits per heavy atom. The molecule has 0 fully saturated rings. The molecule has 0 radical (unpaired) electrons. The highest BCUT2D eigenvalue weighted by atomic mass is 16.3. The Morgan fingerprint density at radius 1 is 1.47 bits per heavy atom. The molecule has 0 spiro atoms. The van der Waals surface area contributed by atoms with Gasteiger partial charge in [-0.3, -0.25) is 4.79 Å². The van der Waals surface area contributed by atoms with Crippen molar-refractivity contribution in [3.63, 3.8) is 0 Å². The van der Waals surface area contributed by atoms with Crippen LogP contribution < -0.4 is 0 Å². The highest BCUT2D eigenvalue weighted by molar-refractivity contribution is 5.94. The standard InChI is InChI=1S/C12H17NO2/c1-4-13(9(2)3)12(15)10-6-5-7-11(14)8-10/h5-9,14H,4H2,1-3H3. The minimum absolute atomic E-state index is 0.0385. The Morgan fingerprint density at radius 3 is 2.60 bits per heavy atom. The lowest BCUT2D eigenvalue weighted by atomic mass is 10.1. The van der Waals surface area contributed by atoms with Gasteiger partial charge in [-0.1, -0.05) is 6.07 Å². The highest BCUT2D eigenvalue weighted by Crippen LogP contribution is 2.14. The van der Waals surface area contributed by atoms with Gasteiger partial charge in [-0.05, 0) is 39.0 Å². The van der Waals surface area contributed by atoms with E-state index in [0.29, 0.717) is 12.1 Å². The topological polar surface area (TPSA) is 40.5 Å². The Balaban J connectivity index is 2.93. The third-order valence-electron chi connectivity index (χ3n) is 2.32. The van der Waals surface area contributed by atoms with Gasteiger partial charge < -0.3 is 10.0 Å². The van der Waals surface area contributed by atoms with Crippen LogP contribution in [0.15, 0.2) is 24.3 Å². The molecule has 0 aliphatic carbocycles. The van der Waals surface area contributed by atoms with E-state index in [-0.39, 0.29) is 17.7 Å². The first-order valence-corrected chi connectivity index (χ1v) is 5.16. The summed E-state index contributed by atoms with van der Waals surface area (Å²) in [5.41, 5.74) is 0.533. The zero-order chi connectivity index (χ0) is 11.4. The second-order valence-electron chi connectivity index (χ2n) is 3.74. The molecule has 0 saturated heterocycles. The SMILES string of the molecule is CCN(C(=O)c1cccc(O)c1)C(C)C. The minimum Gasteiger partial charge on any atom is -0.508 e. The molecule has 1 rings (SSSR count). The van der Waals surface area contributed by atoms with Crippen molar-refractivity contribution in [1.82, 2.24) is 4.90 Å².